The molecule has 11 heavy (non-hydrogen) atoms. The lowest BCUT2D eigenvalue weighted by molar-refractivity contribution is -0.121. The Morgan fingerprint density at radius 2 is 1.73 bits per heavy atom. The quantitative estimate of drug-likeness (QED) is 0.564. The summed E-state index contributed by atoms with van der Waals surface area (Å²) in [7, 11) is 0. The van der Waals surface area contributed by atoms with Gasteiger partial charge in [-0.3, -0.25) is 0 Å². The van der Waals surface area contributed by atoms with Crippen molar-refractivity contribution < 1.29 is 9.59 Å². The third-order valence-corrected chi connectivity index (χ3v) is 2.57. The predicted molar refractivity (Wildman–Crippen MR) is 42.1 cm³/mol. The van der Waals surface area contributed by atoms with Crippen molar-refractivity contribution in [3.8, 4) is 0 Å². The minimum atomic E-state index is -0.00347. The molecule has 0 aromatic carbocycles. The normalized spacial score (nSPS) is 38.1. The number of hydrogen-bond acceptors (Lipinski definition) is 2. The van der Waals surface area contributed by atoms with Crippen molar-refractivity contribution in [3.63, 3.8) is 0 Å². The summed E-state index contributed by atoms with van der Waals surface area (Å²) in [6.45, 7) is 2.14. The van der Waals surface area contributed by atoms with Crippen LogP contribution in [0.1, 0.15) is 26.2 Å². The van der Waals surface area contributed by atoms with Gasteiger partial charge in [0.2, 0.25) is 0 Å². The van der Waals surface area contributed by atoms with E-state index in [4.69, 9.17) is 0 Å². The first kappa shape index (κ1) is 8.44. The van der Waals surface area contributed by atoms with Crippen LogP contribution >= 0.6 is 0 Å². The molecule has 0 spiro atoms. The fraction of sp³-hybridized carbons (Fsp3) is 0.778. The molecule has 1 aliphatic carbocycles. The number of rotatable bonds is 2. The highest BCUT2D eigenvalue weighted by molar-refractivity contribution is 5.65. The first-order chi connectivity index (χ1) is 5.27. The summed E-state index contributed by atoms with van der Waals surface area (Å²) in [5.74, 6) is 0.612. The lowest BCUT2D eigenvalue weighted by atomic mass is 9.76. The van der Waals surface area contributed by atoms with Gasteiger partial charge in [-0.1, -0.05) is 6.92 Å². The van der Waals surface area contributed by atoms with E-state index >= 15 is 0 Å². The molecule has 0 heterocycles. The first-order valence-electron chi connectivity index (χ1n) is 4.18. The number of carbonyl (C=O) groups excluding carboxylic acids is 2. The molecule has 0 radical (unpaired) electrons. The maximum absolute atomic E-state index is 10.5. The van der Waals surface area contributed by atoms with Crippen LogP contribution in [0.15, 0.2) is 0 Å². The van der Waals surface area contributed by atoms with E-state index in [0.29, 0.717) is 5.92 Å². The molecule has 0 aromatic heterocycles. The van der Waals surface area contributed by atoms with Crippen LogP contribution in [0.4, 0.5) is 0 Å². The molecule has 0 saturated heterocycles. The van der Waals surface area contributed by atoms with Gasteiger partial charge in [-0.15, -0.1) is 0 Å². The Hall–Kier alpha value is -0.660. The van der Waals surface area contributed by atoms with E-state index in [1.54, 1.807) is 0 Å². The summed E-state index contributed by atoms with van der Waals surface area (Å²) in [5.41, 5.74) is 0. The molecule has 1 fully saturated rings. The van der Waals surface area contributed by atoms with Gasteiger partial charge in [-0.2, -0.15) is 0 Å². The SMILES string of the molecule is CC1CCC(C=O)C(C=O)C1. The topological polar surface area (TPSA) is 34.1 Å². The molecule has 1 aliphatic rings. The lowest BCUT2D eigenvalue weighted by Gasteiger charge is -2.27. The van der Waals surface area contributed by atoms with Gasteiger partial charge in [-0.25, -0.2) is 0 Å². The Kier molecular flexibility index (Phi) is 2.80. The van der Waals surface area contributed by atoms with E-state index in [0.717, 1.165) is 31.8 Å². The van der Waals surface area contributed by atoms with Gasteiger partial charge in [0.1, 0.15) is 12.6 Å². The van der Waals surface area contributed by atoms with Crippen molar-refractivity contribution in [1.29, 1.82) is 0 Å². The zero-order valence-corrected chi connectivity index (χ0v) is 6.82. The van der Waals surface area contributed by atoms with Gasteiger partial charge in [0.05, 0.1) is 0 Å². The maximum Gasteiger partial charge on any atom is 0.123 e. The third kappa shape index (κ3) is 1.88. The fourth-order valence-electron chi connectivity index (χ4n) is 1.77. The van der Waals surface area contributed by atoms with Gasteiger partial charge in [-0.05, 0) is 25.2 Å². The van der Waals surface area contributed by atoms with E-state index in [2.05, 4.69) is 6.92 Å². The molecule has 62 valence electrons. The van der Waals surface area contributed by atoms with Crippen LogP contribution in [0.25, 0.3) is 0 Å². The van der Waals surface area contributed by atoms with Crippen LogP contribution in [0.3, 0.4) is 0 Å². The van der Waals surface area contributed by atoms with Crippen LogP contribution in [-0.4, -0.2) is 12.6 Å². The molecule has 2 nitrogen and oxygen atoms in total. The number of hydrogen-bond donors (Lipinski definition) is 0. The highest BCUT2D eigenvalue weighted by Gasteiger charge is 2.27. The van der Waals surface area contributed by atoms with Crippen LogP contribution in [0.2, 0.25) is 0 Å². The fourth-order valence-corrected chi connectivity index (χ4v) is 1.77. The second kappa shape index (κ2) is 3.65. The predicted octanol–water partition coefficient (Wildman–Crippen LogP) is 1.44. The molecule has 1 saturated carbocycles. The average molecular weight is 154 g/mol. The van der Waals surface area contributed by atoms with E-state index in [1.165, 1.54) is 0 Å². The molecule has 0 bridgehead atoms. The second-order valence-electron chi connectivity index (χ2n) is 3.52. The van der Waals surface area contributed by atoms with Gasteiger partial charge < -0.3 is 9.59 Å². The maximum atomic E-state index is 10.5. The molecule has 0 aliphatic heterocycles. The van der Waals surface area contributed by atoms with Gasteiger partial charge in [0.15, 0.2) is 0 Å². The van der Waals surface area contributed by atoms with Crippen molar-refractivity contribution in [1.82, 2.24) is 0 Å². The van der Waals surface area contributed by atoms with Crippen LogP contribution in [0, 0.1) is 17.8 Å². The van der Waals surface area contributed by atoms with Crippen molar-refractivity contribution in [2.45, 2.75) is 26.2 Å². The van der Waals surface area contributed by atoms with Crippen LogP contribution in [-0.2, 0) is 9.59 Å². The van der Waals surface area contributed by atoms with E-state index in [9.17, 15) is 9.59 Å². The Balaban J connectivity index is 2.54. The molecular formula is C9H14O2. The molecular weight excluding hydrogens is 140 g/mol. The molecule has 2 heteroatoms. The lowest BCUT2D eigenvalue weighted by Crippen LogP contribution is -2.25. The van der Waals surface area contributed by atoms with Crippen molar-refractivity contribution in [2.24, 2.45) is 17.8 Å². The summed E-state index contributed by atoms with van der Waals surface area (Å²) in [6, 6.07) is 0. The first-order valence-corrected chi connectivity index (χ1v) is 4.18. The van der Waals surface area contributed by atoms with Crippen LogP contribution < -0.4 is 0 Å². The Bertz CT molecular complexity index is 154. The molecule has 3 atom stereocenters. The highest BCUT2D eigenvalue weighted by Crippen LogP contribution is 2.30. The molecule has 0 amide bonds. The molecule has 3 unspecified atom stereocenters. The number of carbonyl (C=O) groups is 2. The van der Waals surface area contributed by atoms with E-state index in [-0.39, 0.29) is 11.8 Å². The zero-order chi connectivity index (χ0) is 8.27. The Labute approximate surface area is 67.0 Å². The van der Waals surface area contributed by atoms with E-state index < -0.39 is 0 Å². The summed E-state index contributed by atoms with van der Waals surface area (Å²) in [5, 5.41) is 0. The molecule has 0 aromatic rings. The minimum Gasteiger partial charge on any atom is -0.303 e. The monoisotopic (exact) mass is 154 g/mol. The smallest absolute Gasteiger partial charge is 0.123 e. The summed E-state index contributed by atoms with van der Waals surface area (Å²) in [4.78, 5) is 21.0. The largest absolute Gasteiger partial charge is 0.303 e. The summed E-state index contributed by atoms with van der Waals surface area (Å²) >= 11 is 0. The van der Waals surface area contributed by atoms with Crippen molar-refractivity contribution in [3.05, 3.63) is 0 Å². The van der Waals surface area contributed by atoms with E-state index in [1.807, 2.05) is 0 Å². The number of aldehydes is 2. The standard InChI is InChI=1S/C9H14O2/c1-7-2-3-8(5-10)9(4-7)6-11/h5-9H,2-4H2,1H3. The third-order valence-electron chi connectivity index (χ3n) is 2.57. The van der Waals surface area contributed by atoms with Crippen molar-refractivity contribution >= 4 is 12.6 Å². The highest BCUT2D eigenvalue weighted by atomic mass is 16.1. The Morgan fingerprint density at radius 3 is 2.27 bits per heavy atom. The summed E-state index contributed by atoms with van der Waals surface area (Å²) < 4.78 is 0. The molecule has 0 N–H and O–H groups in total. The average Bonchev–Trinajstić information content (AvgIpc) is 2.04. The van der Waals surface area contributed by atoms with Crippen LogP contribution in [0.5, 0.6) is 0 Å². The van der Waals surface area contributed by atoms with Gasteiger partial charge in [0.25, 0.3) is 0 Å². The van der Waals surface area contributed by atoms with Gasteiger partial charge >= 0.3 is 0 Å². The van der Waals surface area contributed by atoms with Crippen molar-refractivity contribution in [2.75, 3.05) is 0 Å². The van der Waals surface area contributed by atoms with Gasteiger partial charge in [0, 0.05) is 11.8 Å². The zero-order valence-electron chi connectivity index (χ0n) is 6.82. The minimum absolute atomic E-state index is 0.00343. The Morgan fingerprint density at radius 1 is 1.09 bits per heavy atom. The second-order valence-corrected chi connectivity index (χ2v) is 3.52. The molecule has 1 rings (SSSR count). The summed E-state index contributed by atoms with van der Waals surface area (Å²) in [6.07, 6.45) is 4.76.